The van der Waals surface area contributed by atoms with E-state index in [0.717, 1.165) is 37.9 Å². The lowest BCUT2D eigenvalue weighted by molar-refractivity contribution is 0.239. The molecule has 1 fully saturated rings. The minimum absolute atomic E-state index is 0.0512. The van der Waals surface area contributed by atoms with Crippen molar-refractivity contribution in [3.8, 4) is 0 Å². The molecule has 112 valence electrons. The number of aliphatic hydroxyl groups is 1. The average molecular weight is 280 g/mol. The standard InChI is InChI=1S/C16H25FN2O/c1-3-18-12(2)13-7-8-16(15(17)10-13)19-9-5-4-6-14(19)11-20/h7-8,10,12,14,18,20H,3-6,9,11H2,1-2H3. The molecule has 2 N–H and O–H groups in total. The molecule has 1 aliphatic rings. The third-order valence-electron chi connectivity index (χ3n) is 4.13. The first-order valence-corrected chi connectivity index (χ1v) is 7.57. The fourth-order valence-electron chi connectivity index (χ4n) is 2.96. The van der Waals surface area contributed by atoms with Crippen LogP contribution in [-0.2, 0) is 0 Å². The van der Waals surface area contributed by atoms with Gasteiger partial charge in [-0.3, -0.25) is 0 Å². The van der Waals surface area contributed by atoms with Gasteiger partial charge in [0.25, 0.3) is 0 Å². The summed E-state index contributed by atoms with van der Waals surface area (Å²) in [6.45, 7) is 5.86. The predicted octanol–water partition coefficient (Wildman–Crippen LogP) is 2.85. The molecule has 0 amide bonds. The predicted molar refractivity (Wildman–Crippen MR) is 80.6 cm³/mol. The SMILES string of the molecule is CCNC(C)c1ccc(N2CCCCC2CO)c(F)c1. The Labute approximate surface area is 120 Å². The molecule has 1 aliphatic heterocycles. The fraction of sp³-hybridized carbons (Fsp3) is 0.625. The van der Waals surface area contributed by atoms with Gasteiger partial charge in [-0.15, -0.1) is 0 Å². The molecule has 2 atom stereocenters. The minimum Gasteiger partial charge on any atom is -0.394 e. The number of nitrogens with zero attached hydrogens (tertiary/aromatic N) is 1. The third-order valence-corrected chi connectivity index (χ3v) is 4.13. The Morgan fingerprint density at radius 3 is 2.90 bits per heavy atom. The van der Waals surface area contributed by atoms with E-state index >= 15 is 0 Å². The number of nitrogens with one attached hydrogen (secondary N) is 1. The first-order valence-electron chi connectivity index (χ1n) is 7.57. The number of hydrogen-bond acceptors (Lipinski definition) is 3. The Morgan fingerprint density at radius 1 is 1.45 bits per heavy atom. The average Bonchev–Trinajstić information content (AvgIpc) is 2.47. The summed E-state index contributed by atoms with van der Waals surface area (Å²) in [5, 5.41) is 12.7. The number of piperidine rings is 1. The number of hydrogen-bond donors (Lipinski definition) is 2. The summed E-state index contributed by atoms with van der Waals surface area (Å²) in [6, 6.07) is 5.65. The molecule has 0 saturated carbocycles. The maximum absolute atomic E-state index is 14.4. The normalized spacial score (nSPS) is 21.0. The quantitative estimate of drug-likeness (QED) is 0.870. The lowest BCUT2D eigenvalue weighted by Crippen LogP contribution is -2.42. The van der Waals surface area contributed by atoms with E-state index in [2.05, 4.69) is 5.32 Å². The van der Waals surface area contributed by atoms with Crippen LogP contribution in [0.3, 0.4) is 0 Å². The number of rotatable bonds is 5. The van der Waals surface area contributed by atoms with Crippen molar-refractivity contribution < 1.29 is 9.50 Å². The molecule has 0 bridgehead atoms. The molecular formula is C16H25FN2O. The van der Waals surface area contributed by atoms with E-state index in [1.54, 1.807) is 6.07 Å². The van der Waals surface area contributed by atoms with Crippen LogP contribution in [-0.4, -0.2) is 30.8 Å². The van der Waals surface area contributed by atoms with Crippen LogP contribution < -0.4 is 10.2 Å². The van der Waals surface area contributed by atoms with E-state index in [1.165, 1.54) is 0 Å². The molecule has 4 heteroatoms. The smallest absolute Gasteiger partial charge is 0.146 e. The molecule has 1 aromatic carbocycles. The second-order valence-corrected chi connectivity index (χ2v) is 5.52. The highest BCUT2D eigenvalue weighted by atomic mass is 19.1. The van der Waals surface area contributed by atoms with Crippen molar-refractivity contribution in [2.75, 3.05) is 24.6 Å². The van der Waals surface area contributed by atoms with Gasteiger partial charge in [0.15, 0.2) is 0 Å². The summed E-state index contributed by atoms with van der Waals surface area (Å²) in [5.74, 6) is -0.187. The maximum Gasteiger partial charge on any atom is 0.146 e. The minimum atomic E-state index is -0.187. The first kappa shape index (κ1) is 15.3. The Balaban J connectivity index is 2.20. The van der Waals surface area contributed by atoms with Gasteiger partial charge in [-0.1, -0.05) is 13.0 Å². The number of benzene rings is 1. The lowest BCUT2D eigenvalue weighted by Gasteiger charge is -2.36. The molecule has 3 nitrogen and oxygen atoms in total. The van der Waals surface area contributed by atoms with E-state index in [4.69, 9.17) is 0 Å². The zero-order valence-electron chi connectivity index (χ0n) is 12.4. The van der Waals surface area contributed by atoms with Gasteiger partial charge >= 0.3 is 0 Å². The molecule has 1 aromatic rings. The van der Waals surface area contributed by atoms with Gasteiger partial charge in [-0.25, -0.2) is 4.39 Å². The number of anilines is 1. The van der Waals surface area contributed by atoms with E-state index in [-0.39, 0.29) is 24.5 Å². The highest BCUT2D eigenvalue weighted by molar-refractivity contribution is 5.51. The first-order chi connectivity index (χ1) is 9.67. The van der Waals surface area contributed by atoms with Crippen molar-refractivity contribution >= 4 is 5.69 Å². The Kier molecular flexibility index (Phi) is 5.38. The molecule has 2 rings (SSSR count). The monoisotopic (exact) mass is 280 g/mol. The van der Waals surface area contributed by atoms with Gasteiger partial charge in [0, 0.05) is 12.6 Å². The van der Waals surface area contributed by atoms with Gasteiger partial charge in [0.05, 0.1) is 18.3 Å². The van der Waals surface area contributed by atoms with Crippen LogP contribution in [0.15, 0.2) is 18.2 Å². The van der Waals surface area contributed by atoms with Crippen molar-refractivity contribution in [1.29, 1.82) is 0 Å². The number of aliphatic hydroxyl groups excluding tert-OH is 1. The summed E-state index contributed by atoms with van der Waals surface area (Å²) < 4.78 is 14.4. The summed E-state index contributed by atoms with van der Waals surface area (Å²) in [7, 11) is 0. The van der Waals surface area contributed by atoms with Gasteiger partial charge in [0.2, 0.25) is 0 Å². The van der Waals surface area contributed by atoms with Crippen LogP contribution in [0.4, 0.5) is 10.1 Å². The molecule has 0 radical (unpaired) electrons. The van der Waals surface area contributed by atoms with Crippen molar-refractivity contribution in [1.82, 2.24) is 5.32 Å². The van der Waals surface area contributed by atoms with Crippen LogP contribution in [0.2, 0.25) is 0 Å². The number of halogens is 1. The van der Waals surface area contributed by atoms with E-state index in [1.807, 2.05) is 30.9 Å². The Morgan fingerprint density at radius 2 is 2.25 bits per heavy atom. The molecule has 20 heavy (non-hydrogen) atoms. The summed E-state index contributed by atoms with van der Waals surface area (Å²) in [6.07, 6.45) is 3.11. The van der Waals surface area contributed by atoms with Crippen LogP contribution in [0, 0.1) is 5.82 Å². The molecular weight excluding hydrogens is 255 g/mol. The van der Waals surface area contributed by atoms with Crippen LogP contribution in [0.5, 0.6) is 0 Å². The molecule has 1 heterocycles. The van der Waals surface area contributed by atoms with Crippen molar-refractivity contribution in [3.05, 3.63) is 29.6 Å². The second kappa shape index (κ2) is 7.04. The summed E-state index contributed by atoms with van der Waals surface area (Å²) >= 11 is 0. The molecule has 0 aromatic heterocycles. The van der Waals surface area contributed by atoms with Gasteiger partial charge < -0.3 is 15.3 Å². The van der Waals surface area contributed by atoms with Gasteiger partial charge in [0.1, 0.15) is 5.82 Å². The van der Waals surface area contributed by atoms with Gasteiger partial charge in [-0.05, 0) is 50.4 Å². The second-order valence-electron chi connectivity index (χ2n) is 5.52. The van der Waals surface area contributed by atoms with Gasteiger partial charge in [-0.2, -0.15) is 0 Å². The zero-order valence-corrected chi connectivity index (χ0v) is 12.4. The van der Waals surface area contributed by atoms with E-state index < -0.39 is 0 Å². The summed E-state index contributed by atoms with van der Waals surface area (Å²) in [5.41, 5.74) is 1.59. The van der Waals surface area contributed by atoms with E-state index in [0.29, 0.717) is 5.69 Å². The Bertz CT molecular complexity index is 438. The van der Waals surface area contributed by atoms with Crippen LogP contribution in [0.1, 0.15) is 44.7 Å². The highest BCUT2D eigenvalue weighted by Gasteiger charge is 2.24. The molecule has 1 saturated heterocycles. The fourth-order valence-corrected chi connectivity index (χ4v) is 2.96. The van der Waals surface area contributed by atoms with Crippen molar-refractivity contribution in [2.45, 2.75) is 45.2 Å². The topological polar surface area (TPSA) is 35.5 Å². The maximum atomic E-state index is 14.4. The van der Waals surface area contributed by atoms with Crippen molar-refractivity contribution in [2.24, 2.45) is 0 Å². The Hall–Kier alpha value is -1.13. The zero-order chi connectivity index (χ0) is 14.5. The lowest BCUT2D eigenvalue weighted by atomic mass is 10.0. The summed E-state index contributed by atoms with van der Waals surface area (Å²) in [4.78, 5) is 2.01. The van der Waals surface area contributed by atoms with E-state index in [9.17, 15) is 9.50 Å². The highest BCUT2D eigenvalue weighted by Crippen LogP contribution is 2.29. The largest absolute Gasteiger partial charge is 0.394 e. The van der Waals surface area contributed by atoms with Crippen LogP contribution in [0.25, 0.3) is 0 Å². The molecule has 0 aliphatic carbocycles. The van der Waals surface area contributed by atoms with Crippen molar-refractivity contribution in [3.63, 3.8) is 0 Å². The molecule has 2 unspecified atom stereocenters. The molecule has 0 spiro atoms. The third kappa shape index (κ3) is 3.30. The van der Waals surface area contributed by atoms with Crippen LogP contribution >= 0.6 is 0 Å².